The Morgan fingerprint density at radius 2 is 2.06 bits per heavy atom. The van der Waals surface area contributed by atoms with Crippen molar-refractivity contribution in [3.05, 3.63) is 52.0 Å². The van der Waals surface area contributed by atoms with Crippen LogP contribution >= 0.6 is 11.3 Å². The largest absolute Gasteiger partial charge is 0.310 e. The topological polar surface area (TPSA) is 24.9 Å². The summed E-state index contributed by atoms with van der Waals surface area (Å²) in [5.74, 6) is -1.02. The summed E-state index contributed by atoms with van der Waals surface area (Å²) >= 11 is 1.54. The summed E-state index contributed by atoms with van der Waals surface area (Å²) in [7, 11) is 0. The van der Waals surface area contributed by atoms with Gasteiger partial charge in [-0.25, -0.2) is 13.8 Å². The van der Waals surface area contributed by atoms with Gasteiger partial charge in [-0.2, -0.15) is 0 Å². The minimum absolute atomic E-state index is 0.0933. The van der Waals surface area contributed by atoms with E-state index in [1.165, 1.54) is 18.2 Å². The number of nitrogens with one attached hydrogen (secondary N) is 1. The normalized spacial score (nSPS) is 12.6. The maximum absolute atomic E-state index is 13.5. The van der Waals surface area contributed by atoms with Crippen molar-refractivity contribution in [2.45, 2.75) is 19.4 Å². The lowest BCUT2D eigenvalue weighted by atomic mass is 10.1. The fourth-order valence-electron chi connectivity index (χ4n) is 1.80. The molecule has 0 spiro atoms. The second-order valence-corrected chi connectivity index (χ2v) is 4.76. The van der Waals surface area contributed by atoms with Gasteiger partial charge in [0.25, 0.3) is 0 Å². The molecule has 0 aliphatic carbocycles. The van der Waals surface area contributed by atoms with E-state index in [9.17, 15) is 8.78 Å². The quantitative estimate of drug-likeness (QED) is 0.900. The smallest absolute Gasteiger partial charge is 0.130 e. The third-order valence-corrected chi connectivity index (χ3v) is 3.38. The molecule has 0 aliphatic rings. The first kappa shape index (κ1) is 13.1. The van der Waals surface area contributed by atoms with Crippen molar-refractivity contribution in [3.8, 4) is 0 Å². The molecule has 96 valence electrons. The lowest BCUT2D eigenvalue weighted by molar-refractivity contribution is 0.489. The molecular formula is C13H14F2N2S. The Kier molecular flexibility index (Phi) is 4.38. The van der Waals surface area contributed by atoms with E-state index in [1.54, 1.807) is 23.8 Å². The highest BCUT2D eigenvalue weighted by atomic mass is 32.1. The first-order chi connectivity index (χ1) is 8.68. The summed E-state index contributed by atoms with van der Waals surface area (Å²) < 4.78 is 27.0. The summed E-state index contributed by atoms with van der Waals surface area (Å²) in [6, 6.07) is 3.56. The lowest BCUT2D eigenvalue weighted by Gasteiger charge is -2.15. The zero-order valence-electron chi connectivity index (χ0n) is 9.99. The van der Waals surface area contributed by atoms with Crippen LogP contribution in [0.3, 0.4) is 0 Å². The van der Waals surface area contributed by atoms with Gasteiger partial charge in [0.15, 0.2) is 0 Å². The summed E-state index contributed by atoms with van der Waals surface area (Å²) in [6.45, 7) is 2.39. The van der Waals surface area contributed by atoms with Gasteiger partial charge >= 0.3 is 0 Å². The van der Waals surface area contributed by atoms with Gasteiger partial charge in [-0.15, -0.1) is 11.3 Å². The van der Waals surface area contributed by atoms with Gasteiger partial charge in [-0.3, -0.25) is 0 Å². The Bertz CT molecular complexity index is 479. The predicted molar refractivity (Wildman–Crippen MR) is 68.6 cm³/mol. The van der Waals surface area contributed by atoms with E-state index < -0.39 is 11.6 Å². The van der Waals surface area contributed by atoms with E-state index in [2.05, 4.69) is 10.3 Å². The van der Waals surface area contributed by atoms with Gasteiger partial charge in [0, 0.05) is 30.0 Å². The highest BCUT2D eigenvalue weighted by Gasteiger charge is 2.15. The van der Waals surface area contributed by atoms with E-state index in [0.29, 0.717) is 6.54 Å². The maximum Gasteiger partial charge on any atom is 0.130 e. The number of hydrogen-bond donors (Lipinski definition) is 1. The van der Waals surface area contributed by atoms with Crippen molar-refractivity contribution in [2.24, 2.45) is 0 Å². The maximum atomic E-state index is 13.5. The molecule has 0 radical (unpaired) electrons. The molecule has 0 aliphatic heterocycles. The highest BCUT2D eigenvalue weighted by molar-refractivity contribution is 7.07. The average Bonchev–Trinajstić information content (AvgIpc) is 2.82. The summed E-state index contributed by atoms with van der Waals surface area (Å²) in [4.78, 5) is 4.15. The van der Waals surface area contributed by atoms with Crippen molar-refractivity contribution >= 4 is 11.3 Å². The number of halogens is 2. The minimum atomic E-state index is -0.511. The third-order valence-electron chi connectivity index (χ3n) is 2.75. The molecule has 0 saturated heterocycles. The number of nitrogens with zero attached hydrogens (tertiary/aromatic N) is 1. The van der Waals surface area contributed by atoms with Crippen LogP contribution in [0, 0.1) is 11.6 Å². The Labute approximate surface area is 109 Å². The highest BCUT2D eigenvalue weighted by Crippen LogP contribution is 2.20. The summed E-state index contributed by atoms with van der Waals surface area (Å²) in [5.41, 5.74) is 2.86. The third kappa shape index (κ3) is 3.11. The Hall–Kier alpha value is -1.33. The van der Waals surface area contributed by atoms with Gasteiger partial charge in [0.2, 0.25) is 0 Å². The molecule has 0 fully saturated rings. The van der Waals surface area contributed by atoms with Crippen molar-refractivity contribution < 1.29 is 8.78 Å². The van der Waals surface area contributed by atoms with Gasteiger partial charge in [0.1, 0.15) is 11.6 Å². The van der Waals surface area contributed by atoms with Crippen molar-refractivity contribution in [1.82, 2.24) is 10.3 Å². The van der Waals surface area contributed by atoms with Gasteiger partial charge in [0.05, 0.1) is 11.2 Å². The summed E-state index contributed by atoms with van der Waals surface area (Å²) in [5, 5.41) is 5.07. The monoisotopic (exact) mass is 268 g/mol. The zero-order chi connectivity index (χ0) is 13.0. The van der Waals surface area contributed by atoms with Crippen LogP contribution in [0.5, 0.6) is 0 Å². The van der Waals surface area contributed by atoms with E-state index in [0.717, 1.165) is 12.1 Å². The first-order valence-corrected chi connectivity index (χ1v) is 6.67. The molecule has 1 aromatic carbocycles. The van der Waals surface area contributed by atoms with Crippen molar-refractivity contribution in [3.63, 3.8) is 0 Å². The van der Waals surface area contributed by atoms with Gasteiger partial charge in [-0.1, -0.05) is 6.07 Å². The van der Waals surface area contributed by atoms with Gasteiger partial charge < -0.3 is 5.32 Å². The molecular weight excluding hydrogens is 254 g/mol. The molecule has 0 amide bonds. The molecule has 2 nitrogen and oxygen atoms in total. The standard InChI is InChI=1S/C13H14F2N2S/c1-9(13-11(14)3-2-4-12(13)15)16-6-5-10-7-18-8-17-10/h2-4,7-9,16H,5-6H2,1H3. The van der Waals surface area contributed by atoms with E-state index >= 15 is 0 Å². The average molecular weight is 268 g/mol. The molecule has 2 aromatic rings. The first-order valence-electron chi connectivity index (χ1n) is 5.73. The molecule has 2 rings (SSSR count). The van der Waals surface area contributed by atoms with Gasteiger partial charge in [-0.05, 0) is 19.1 Å². The summed E-state index contributed by atoms with van der Waals surface area (Å²) in [6.07, 6.45) is 0.754. The number of hydrogen-bond acceptors (Lipinski definition) is 3. The minimum Gasteiger partial charge on any atom is -0.310 e. The molecule has 1 heterocycles. The molecule has 1 unspecified atom stereocenters. The second-order valence-electron chi connectivity index (χ2n) is 4.04. The van der Waals surface area contributed by atoms with Crippen LogP contribution in [0.15, 0.2) is 29.1 Å². The second kappa shape index (κ2) is 6.02. The number of benzene rings is 1. The Balaban J connectivity index is 1.93. The van der Waals surface area contributed by atoms with Crippen LogP contribution in [-0.2, 0) is 6.42 Å². The molecule has 0 saturated carbocycles. The lowest BCUT2D eigenvalue weighted by Crippen LogP contribution is -2.23. The molecule has 1 N–H and O–H groups in total. The zero-order valence-corrected chi connectivity index (χ0v) is 10.8. The predicted octanol–water partition coefficient (Wildman–Crippen LogP) is 3.31. The van der Waals surface area contributed by atoms with Crippen molar-refractivity contribution in [1.29, 1.82) is 0 Å². The van der Waals surface area contributed by atoms with E-state index in [-0.39, 0.29) is 11.6 Å². The van der Waals surface area contributed by atoms with Crippen molar-refractivity contribution in [2.75, 3.05) is 6.54 Å². The molecule has 0 bridgehead atoms. The molecule has 1 atom stereocenters. The van der Waals surface area contributed by atoms with Crippen LogP contribution in [0.1, 0.15) is 24.2 Å². The number of rotatable bonds is 5. The van der Waals surface area contributed by atoms with Crippen LogP contribution < -0.4 is 5.32 Å². The molecule has 18 heavy (non-hydrogen) atoms. The number of aromatic nitrogens is 1. The van der Waals surface area contributed by atoms with Crippen LogP contribution in [0.2, 0.25) is 0 Å². The Morgan fingerprint density at radius 1 is 1.33 bits per heavy atom. The fourth-order valence-corrected chi connectivity index (χ4v) is 2.40. The van der Waals surface area contributed by atoms with E-state index in [4.69, 9.17) is 0 Å². The van der Waals surface area contributed by atoms with Crippen LogP contribution in [-0.4, -0.2) is 11.5 Å². The SMILES string of the molecule is CC(NCCc1cscn1)c1c(F)cccc1F. The van der Waals surface area contributed by atoms with Crippen LogP contribution in [0.4, 0.5) is 8.78 Å². The van der Waals surface area contributed by atoms with E-state index in [1.807, 2.05) is 5.38 Å². The fraction of sp³-hybridized carbons (Fsp3) is 0.308. The molecule has 1 aromatic heterocycles. The molecule has 5 heteroatoms. The van der Waals surface area contributed by atoms with Crippen LogP contribution in [0.25, 0.3) is 0 Å². The number of thiazole rings is 1. The Morgan fingerprint density at radius 3 is 2.67 bits per heavy atom.